The van der Waals surface area contributed by atoms with E-state index < -0.39 is 12.4 Å². The van der Waals surface area contributed by atoms with Crippen molar-refractivity contribution in [2.75, 3.05) is 26.3 Å². The zero-order chi connectivity index (χ0) is 26.5. The Morgan fingerprint density at radius 1 is 1.27 bits per heavy atom. The molecule has 10 heteroatoms. The molecule has 3 heterocycles. The maximum Gasteiger partial charge on any atom is 0.255 e. The van der Waals surface area contributed by atoms with Gasteiger partial charge in [0.05, 0.1) is 29.3 Å². The Hall–Kier alpha value is -3.53. The number of fused-ring (bicyclic) bond motifs is 1. The molecule has 196 valence electrons. The number of aliphatic hydroxyl groups is 1. The summed E-state index contributed by atoms with van der Waals surface area (Å²) in [6, 6.07) is 3.13. The maximum atomic E-state index is 15.5. The Labute approximate surface area is 214 Å². The monoisotopic (exact) mass is 509 g/mol. The number of rotatable bonds is 7. The molecule has 1 aromatic carbocycles. The lowest BCUT2D eigenvalue weighted by Gasteiger charge is -2.25. The average molecular weight is 510 g/mol. The number of aryl methyl sites for hydroxylation is 2. The van der Waals surface area contributed by atoms with E-state index in [0.29, 0.717) is 65.0 Å². The molecule has 0 radical (unpaired) electrons. The number of nitrogens with one attached hydrogen (secondary N) is 2. The molecule has 1 aliphatic heterocycles. The normalized spacial score (nSPS) is 18.9. The number of carbonyl (C=O) groups is 2. The molecule has 0 bridgehead atoms. The van der Waals surface area contributed by atoms with E-state index in [1.165, 1.54) is 0 Å². The molecular weight excluding hydrogens is 477 g/mol. The van der Waals surface area contributed by atoms with E-state index in [1.807, 2.05) is 13.8 Å². The van der Waals surface area contributed by atoms with E-state index in [9.17, 15) is 14.7 Å². The fraction of sp³-hybridized carbons (Fsp3) is 0.481. The summed E-state index contributed by atoms with van der Waals surface area (Å²) in [5, 5.41) is 12.3. The van der Waals surface area contributed by atoms with Gasteiger partial charge in [-0.05, 0) is 44.2 Å². The van der Waals surface area contributed by atoms with Gasteiger partial charge in [-0.1, -0.05) is 19.9 Å². The van der Waals surface area contributed by atoms with Crippen molar-refractivity contribution in [3.63, 3.8) is 0 Å². The highest BCUT2D eigenvalue weighted by Crippen LogP contribution is 2.39. The van der Waals surface area contributed by atoms with Crippen molar-refractivity contribution >= 4 is 22.8 Å². The highest BCUT2D eigenvalue weighted by atomic mass is 19.1. The summed E-state index contributed by atoms with van der Waals surface area (Å²) in [6.07, 6.45) is 3.77. The summed E-state index contributed by atoms with van der Waals surface area (Å²) in [6.45, 7) is 8.00. The summed E-state index contributed by atoms with van der Waals surface area (Å²) >= 11 is 0. The van der Waals surface area contributed by atoms with E-state index in [1.54, 1.807) is 37.1 Å². The molecule has 2 fully saturated rings. The summed E-state index contributed by atoms with van der Waals surface area (Å²) in [5.41, 5.74) is 1.80. The van der Waals surface area contributed by atoms with Crippen LogP contribution in [0.2, 0.25) is 0 Å². The first-order valence-electron chi connectivity index (χ1n) is 12.6. The van der Waals surface area contributed by atoms with Crippen LogP contribution in [0, 0.1) is 31.0 Å². The molecule has 9 nitrogen and oxygen atoms in total. The summed E-state index contributed by atoms with van der Waals surface area (Å²) in [5.74, 6) is 0.150. The number of amides is 2. The van der Waals surface area contributed by atoms with Gasteiger partial charge in [-0.3, -0.25) is 9.59 Å². The van der Waals surface area contributed by atoms with Crippen LogP contribution in [-0.4, -0.2) is 69.1 Å². The molecule has 3 N–H and O–H groups in total. The molecule has 1 atom stereocenters. The Morgan fingerprint density at radius 3 is 2.73 bits per heavy atom. The molecule has 5 rings (SSSR count). The SMILES string of the molecule is Cc1nc(-c2c(OCC3CC3)ccc(C)c2F)c2[nH]cc(C(=O)N[C@@H]3CN(C(=O)CO)CC3(C)C)c2n1. The fourth-order valence-electron chi connectivity index (χ4n) is 4.87. The standard InChI is InChI=1S/C27H32FN5O4/c1-14-5-8-18(37-12-16-6-7-16)21(22(14)28)24-25-23(30-15(2)31-24)17(9-29-25)26(36)32-19-10-33(20(35)11-34)13-27(19,3)4/h5,8-9,16,19,29,34H,6-7,10-13H2,1-4H3,(H,32,36)/t19-/m1/s1. The number of hydrogen-bond donors (Lipinski definition) is 3. The molecule has 2 aliphatic rings. The lowest BCUT2D eigenvalue weighted by atomic mass is 9.87. The summed E-state index contributed by atoms with van der Waals surface area (Å²) in [7, 11) is 0. The van der Waals surface area contributed by atoms with Crippen LogP contribution in [0.15, 0.2) is 18.3 Å². The zero-order valence-electron chi connectivity index (χ0n) is 21.5. The minimum Gasteiger partial charge on any atom is -0.492 e. The molecule has 0 spiro atoms. The second-order valence-corrected chi connectivity index (χ2v) is 10.8. The molecule has 37 heavy (non-hydrogen) atoms. The second kappa shape index (κ2) is 9.41. The van der Waals surface area contributed by atoms with Crippen LogP contribution >= 0.6 is 0 Å². The molecule has 2 aromatic heterocycles. The maximum absolute atomic E-state index is 15.5. The number of H-pyrrole nitrogens is 1. The molecule has 0 unspecified atom stereocenters. The number of likely N-dealkylation sites (tertiary alicyclic amines) is 1. The Bertz CT molecular complexity index is 1380. The zero-order valence-corrected chi connectivity index (χ0v) is 21.5. The van der Waals surface area contributed by atoms with Crippen LogP contribution in [0.1, 0.15) is 48.4 Å². The highest BCUT2D eigenvalue weighted by molar-refractivity contribution is 6.08. The lowest BCUT2D eigenvalue weighted by Crippen LogP contribution is -2.44. The van der Waals surface area contributed by atoms with Gasteiger partial charge in [0.2, 0.25) is 5.91 Å². The number of benzene rings is 1. The number of aliphatic hydroxyl groups excluding tert-OH is 1. The van der Waals surface area contributed by atoms with E-state index in [4.69, 9.17) is 4.74 Å². The van der Waals surface area contributed by atoms with Gasteiger partial charge in [-0.2, -0.15) is 0 Å². The van der Waals surface area contributed by atoms with Crippen molar-refractivity contribution in [3.8, 4) is 17.0 Å². The van der Waals surface area contributed by atoms with Crippen molar-refractivity contribution in [1.82, 2.24) is 25.2 Å². The predicted octanol–water partition coefficient (Wildman–Crippen LogP) is 3.13. The van der Waals surface area contributed by atoms with Gasteiger partial charge in [0.15, 0.2) is 0 Å². The van der Waals surface area contributed by atoms with Gasteiger partial charge in [0.25, 0.3) is 5.91 Å². The first-order chi connectivity index (χ1) is 17.6. The van der Waals surface area contributed by atoms with E-state index in [2.05, 4.69) is 20.3 Å². The molecule has 1 aliphatic carbocycles. The summed E-state index contributed by atoms with van der Waals surface area (Å²) < 4.78 is 21.5. The first kappa shape index (κ1) is 25.1. The molecular formula is C27H32FN5O4. The Kier molecular flexibility index (Phi) is 6.39. The first-order valence-corrected chi connectivity index (χ1v) is 12.6. The van der Waals surface area contributed by atoms with Crippen molar-refractivity contribution in [2.45, 2.75) is 46.6 Å². The molecule has 1 saturated carbocycles. The van der Waals surface area contributed by atoms with Crippen molar-refractivity contribution < 1.29 is 23.8 Å². The van der Waals surface area contributed by atoms with E-state index >= 15 is 4.39 Å². The summed E-state index contributed by atoms with van der Waals surface area (Å²) in [4.78, 5) is 39.1. The van der Waals surface area contributed by atoms with Crippen molar-refractivity contribution in [3.05, 3.63) is 41.1 Å². The van der Waals surface area contributed by atoms with E-state index in [-0.39, 0.29) is 28.8 Å². The average Bonchev–Trinajstić information content (AvgIpc) is 3.51. The number of halogens is 1. The van der Waals surface area contributed by atoms with Crippen LogP contribution in [0.5, 0.6) is 5.75 Å². The van der Waals surface area contributed by atoms with Gasteiger partial charge >= 0.3 is 0 Å². The Morgan fingerprint density at radius 2 is 2.03 bits per heavy atom. The number of carbonyl (C=O) groups excluding carboxylic acids is 2. The van der Waals surface area contributed by atoms with Crippen molar-refractivity contribution in [1.29, 1.82) is 0 Å². The molecule has 3 aromatic rings. The van der Waals surface area contributed by atoms with Gasteiger partial charge in [0, 0.05) is 24.7 Å². The number of nitrogens with zero attached hydrogens (tertiary/aromatic N) is 3. The number of hydrogen-bond acceptors (Lipinski definition) is 6. The predicted molar refractivity (Wildman–Crippen MR) is 136 cm³/mol. The van der Waals surface area contributed by atoms with Crippen LogP contribution in [-0.2, 0) is 4.79 Å². The van der Waals surface area contributed by atoms with Gasteiger partial charge in [0.1, 0.15) is 35.2 Å². The van der Waals surface area contributed by atoms with Gasteiger partial charge in [-0.15, -0.1) is 0 Å². The van der Waals surface area contributed by atoms with Gasteiger partial charge in [-0.25, -0.2) is 14.4 Å². The second-order valence-electron chi connectivity index (χ2n) is 10.8. The Balaban J connectivity index is 1.50. The van der Waals surface area contributed by atoms with Crippen molar-refractivity contribution in [2.24, 2.45) is 11.3 Å². The smallest absolute Gasteiger partial charge is 0.255 e. The van der Waals surface area contributed by atoms with Crippen LogP contribution < -0.4 is 10.1 Å². The third-order valence-corrected chi connectivity index (χ3v) is 7.32. The van der Waals surface area contributed by atoms with Crippen LogP contribution in [0.4, 0.5) is 4.39 Å². The number of aromatic nitrogens is 3. The number of ether oxygens (including phenoxy) is 1. The topological polar surface area (TPSA) is 120 Å². The third kappa shape index (κ3) is 4.77. The molecule has 2 amide bonds. The minimum absolute atomic E-state index is 0.250. The fourth-order valence-corrected chi connectivity index (χ4v) is 4.87. The number of aromatic amines is 1. The molecule has 1 saturated heterocycles. The van der Waals surface area contributed by atoms with Crippen LogP contribution in [0.25, 0.3) is 22.3 Å². The third-order valence-electron chi connectivity index (χ3n) is 7.32. The van der Waals surface area contributed by atoms with E-state index in [0.717, 1.165) is 12.8 Å². The van der Waals surface area contributed by atoms with Crippen LogP contribution in [0.3, 0.4) is 0 Å². The largest absolute Gasteiger partial charge is 0.492 e. The lowest BCUT2D eigenvalue weighted by molar-refractivity contribution is -0.133. The minimum atomic E-state index is -0.569. The van der Waals surface area contributed by atoms with Gasteiger partial charge < -0.3 is 25.0 Å². The highest BCUT2D eigenvalue weighted by Gasteiger charge is 2.42. The quantitative estimate of drug-likeness (QED) is 0.450.